The van der Waals surface area contributed by atoms with Gasteiger partial charge < -0.3 is 20.3 Å². The van der Waals surface area contributed by atoms with E-state index in [1.807, 2.05) is 4.98 Å². The molecule has 2 heterocycles. The highest BCUT2D eigenvalue weighted by molar-refractivity contribution is 6.40. The largest absolute Gasteiger partial charge is 0.471 e. The number of H-pyrrole nitrogens is 1. The van der Waals surface area contributed by atoms with Gasteiger partial charge in [0.25, 0.3) is 5.56 Å². The fourth-order valence-electron chi connectivity index (χ4n) is 3.02. The number of hydrogen-bond donors (Lipinski definition) is 3. The van der Waals surface area contributed by atoms with Gasteiger partial charge in [-0.2, -0.15) is 0 Å². The second-order valence-electron chi connectivity index (χ2n) is 8.14. The van der Waals surface area contributed by atoms with Crippen molar-refractivity contribution in [3.8, 4) is 0 Å². The molecule has 10 nitrogen and oxygen atoms in total. The number of carbonyl (C=O) groups excluding carboxylic acids is 2. The number of rotatable bonds is 6. The van der Waals surface area contributed by atoms with E-state index in [4.69, 9.17) is 15.2 Å². The summed E-state index contributed by atoms with van der Waals surface area (Å²) in [5, 5.41) is 8.64. The van der Waals surface area contributed by atoms with E-state index in [0.29, 0.717) is 0 Å². The van der Waals surface area contributed by atoms with Gasteiger partial charge in [0.1, 0.15) is 11.7 Å². The molecule has 4 atom stereocenters. The van der Waals surface area contributed by atoms with Crippen molar-refractivity contribution in [3.63, 3.8) is 0 Å². The fourth-order valence-corrected chi connectivity index (χ4v) is 3.02. The van der Waals surface area contributed by atoms with Gasteiger partial charge in [-0.3, -0.25) is 23.9 Å². The zero-order valence-corrected chi connectivity index (χ0v) is 16.9. The molecule has 1 aromatic rings. The van der Waals surface area contributed by atoms with Crippen LogP contribution >= 0.6 is 0 Å². The number of nitrogens with zero attached hydrogens (tertiary/aromatic N) is 1. The SMILES string of the molecule is BC(B)(OC(=O)[C@@H](N)C(C)C)[C@]1(F)C[C@@H](O)[C@](B)(n2cc(C=O)c(=O)[nH]c2=O)O1. The van der Waals surface area contributed by atoms with E-state index in [0.717, 1.165) is 10.8 Å². The molecule has 0 amide bonds. The third-order valence-electron chi connectivity index (χ3n) is 5.26. The van der Waals surface area contributed by atoms with Crippen LogP contribution in [0.5, 0.6) is 0 Å². The Morgan fingerprint density at radius 2 is 2.14 bits per heavy atom. The molecule has 0 saturated carbocycles. The lowest BCUT2D eigenvalue weighted by atomic mass is 9.59. The van der Waals surface area contributed by atoms with E-state index in [1.54, 1.807) is 13.8 Å². The van der Waals surface area contributed by atoms with Crippen molar-refractivity contribution in [3.05, 3.63) is 32.6 Å². The van der Waals surface area contributed by atoms with Crippen LogP contribution in [0.4, 0.5) is 4.39 Å². The van der Waals surface area contributed by atoms with Gasteiger partial charge >= 0.3 is 11.7 Å². The van der Waals surface area contributed by atoms with Crippen molar-refractivity contribution in [1.29, 1.82) is 0 Å². The molecule has 14 heteroatoms. The highest BCUT2D eigenvalue weighted by Crippen LogP contribution is 2.45. The summed E-state index contributed by atoms with van der Waals surface area (Å²) in [6.45, 7) is 3.40. The molecule has 0 spiro atoms. The minimum atomic E-state index is -2.70. The number of hydrogen-bond acceptors (Lipinski definition) is 8. The number of aliphatic hydroxyl groups excluding tert-OH is 1. The van der Waals surface area contributed by atoms with E-state index in [2.05, 4.69) is 0 Å². The molecule has 0 unspecified atom stereocenters. The number of alkyl halides is 1. The first-order chi connectivity index (χ1) is 13.2. The number of nitrogens with one attached hydrogen (secondary N) is 1. The van der Waals surface area contributed by atoms with Crippen LogP contribution in [0.15, 0.2) is 15.8 Å². The molecule has 1 fully saturated rings. The standard InChI is InChI=1S/C15H23B3FN3O7/c1-6(2)9(20)11(26)28-15(17,18)13(19)3-8(24)14(16,29-13)22-4-7(5-23)10(25)21-12(22)27/h4-6,8-9,24H,3,16-18,20H2,1-2H3,(H,21,25,27)/t8-,9+,13+,14+/m1/s1. The van der Waals surface area contributed by atoms with E-state index in [1.165, 1.54) is 23.5 Å². The quantitative estimate of drug-likeness (QED) is 0.242. The highest BCUT2D eigenvalue weighted by Gasteiger charge is 2.62. The zero-order valence-electron chi connectivity index (χ0n) is 16.9. The minimum Gasteiger partial charge on any atom is -0.471 e. The van der Waals surface area contributed by atoms with E-state index in [-0.39, 0.29) is 12.2 Å². The lowest BCUT2D eigenvalue weighted by Crippen LogP contribution is -2.59. The summed E-state index contributed by atoms with van der Waals surface area (Å²) in [5.41, 5.74) is 1.41. The fraction of sp³-hybridized carbons (Fsp3) is 0.600. The van der Waals surface area contributed by atoms with E-state index in [9.17, 15) is 24.3 Å². The Morgan fingerprint density at radius 3 is 2.66 bits per heavy atom. The predicted octanol–water partition coefficient (Wildman–Crippen LogP) is -4.51. The highest BCUT2D eigenvalue weighted by atomic mass is 19.2. The Morgan fingerprint density at radius 1 is 1.55 bits per heavy atom. The number of carbonyl (C=O) groups is 2. The number of esters is 1. The van der Waals surface area contributed by atoms with Crippen LogP contribution in [-0.4, -0.2) is 73.9 Å². The summed E-state index contributed by atoms with van der Waals surface area (Å²) in [7, 11) is 3.72. The van der Waals surface area contributed by atoms with Gasteiger partial charge in [-0.05, 0) is 5.92 Å². The Balaban J connectivity index is 2.43. The van der Waals surface area contributed by atoms with Crippen molar-refractivity contribution in [1.82, 2.24) is 9.55 Å². The Kier molecular flexibility index (Phi) is 6.04. The number of aldehydes is 1. The van der Waals surface area contributed by atoms with Crippen LogP contribution in [0.3, 0.4) is 0 Å². The summed E-state index contributed by atoms with van der Waals surface area (Å²) in [6.07, 6.45) is -1.15. The lowest BCUT2D eigenvalue weighted by Gasteiger charge is -2.39. The Labute approximate surface area is 168 Å². The average Bonchev–Trinajstić information content (AvgIpc) is 2.84. The van der Waals surface area contributed by atoms with E-state index < -0.39 is 58.2 Å². The molecule has 0 radical (unpaired) electrons. The minimum absolute atomic E-state index is 0.210. The maximum atomic E-state index is 15.8. The van der Waals surface area contributed by atoms with Crippen LogP contribution in [0, 0.1) is 5.92 Å². The first kappa shape index (κ1) is 23.1. The normalized spacial score (nSPS) is 28.3. The molecule has 0 bridgehead atoms. The van der Waals surface area contributed by atoms with Crippen molar-refractivity contribution in [2.24, 2.45) is 11.7 Å². The van der Waals surface area contributed by atoms with Crippen LogP contribution in [0.25, 0.3) is 0 Å². The second kappa shape index (κ2) is 7.58. The molecule has 1 saturated heterocycles. The molecule has 0 aliphatic carbocycles. The van der Waals surface area contributed by atoms with Gasteiger partial charge in [-0.25, -0.2) is 9.18 Å². The molecular formula is C15H23B3FN3O7. The van der Waals surface area contributed by atoms with Gasteiger partial charge in [-0.1, -0.05) is 13.8 Å². The molecule has 1 aromatic heterocycles. The average molecular weight is 409 g/mol. The van der Waals surface area contributed by atoms with Crippen molar-refractivity contribution in [2.45, 2.75) is 49.3 Å². The zero-order chi connectivity index (χ0) is 22.4. The number of aromatic nitrogens is 2. The number of nitrogens with two attached hydrogens (primary N) is 1. The molecule has 0 aromatic carbocycles. The van der Waals surface area contributed by atoms with Crippen LogP contribution in [0.1, 0.15) is 30.6 Å². The van der Waals surface area contributed by atoms with E-state index >= 15 is 4.39 Å². The van der Waals surface area contributed by atoms with Crippen LogP contribution in [0.2, 0.25) is 0 Å². The van der Waals surface area contributed by atoms with Gasteiger partial charge in [-0.15, -0.1) is 0 Å². The smallest absolute Gasteiger partial charge is 0.330 e. The maximum Gasteiger partial charge on any atom is 0.330 e. The molecule has 1 aliphatic rings. The number of aromatic amines is 1. The number of aliphatic hydroxyl groups is 1. The summed E-state index contributed by atoms with van der Waals surface area (Å²) in [6, 6.07) is -0.993. The topological polar surface area (TPSA) is 154 Å². The predicted molar refractivity (Wildman–Crippen MR) is 108 cm³/mol. The summed E-state index contributed by atoms with van der Waals surface area (Å²) in [5.74, 6) is -3.81. The van der Waals surface area contributed by atoms with Crippen molar-refractivity contribution >= 4 is 35.8 Å². The summed E-state index contributed by atoms with van der Waals surface area (Å²) >= 11 is 0. The first-order valence-electron chi connectivity index (χ1n) is 9.06. The number of halogens is 1. The first-order valence-corrected chi connectivity index (χ1v) is 9.06. The molecule has 2 rings (SSSR count). The van der Waals surface area contributed by atoms with Crippen molar-refractivity contribution in [2.75, 3.05) is 0 Å². The van der Waals surface area contributed by atoms with Crippen LogP contribution in [-0.2, 0) is 19.9 Å². The van der Waals surface area contributed by atoms with Gasteiger partial charge in [0.05, 0.1) is 17.1 Å². The Hall–Kier alpha value is -2.18. The molecule has 4 N–H and O–H groups in total. The van der Waals surface area contributed by atoms with Gasteiger partial charge in [0.15, 0.2) is 29.8 Å². The summed E-state index contributed by atoms with van der Waals surface area (Å²) in [4.78, 5) is 49.0. The lowest BCUT2D eigenvalue weighted by molar-refractivity contribution is -0.232. The monoisotopic (exact) mass is 409 g/mol. The molecule has 156 valence electrons. The van der Waals surface area contributed by atoms with Crippen molar-refractivity contribution < 1.29 is 28.6 Å². The van der Waals surface area contributed by atoms with Crippen LogP contribution < -0.4 is 17.0 Å². The Bertz CT molecular complexity index is 936. The van der Waals surface area contributed by atoms with Gasteiger partial charge in [0.2, 0.25) is 5.85 Å². The summed E-state index contributed by atoms with van der Waals surface area (Å²) < 4.78 is 27.2. The molecule has 29 heavy (non-hydrogen) atoms. The number of ether oxygens (including phenoxy) is 2. The third-order valence-corrected chi connectivity index (χ3v) is 5.26. The second-order valence-corrected chi connectivity index (χ2v) is 8.14. The molecule has 1 aliphatic heterocycles. The molecular weight excluding hydrogens is 386 g/mol. The maximum absolute atomic E-state index is 15.8. The van der Waals surface area contributed by atoms with Gasteiger partial charge in [0, 0.05) is 12.6 Å². The third kappa shape index (κ3) is 3.96.